The third-order valence-corrected chi connectivity index (χ3v) is 5.01. The monoisotopic (exact) mass is 343 g/mol. The largest absolute Gasteiger partial charge is 0.355 e. The molecule has 1 aromatic rings. The normalized spacial score (nSPS) is 23.0. The Morgan fingerprint density at radius 1 is 1.16 bits per heavy atom. The highest BCUT2D eigenvalue weighted by Gasteiger charge is 2.42. The van der Waals surface area contributed by atoms with Crippen molar-refractivity contribution < 1.29 is 14.4 Å². The number of hydrogen-bond acceptors (Lipinski definition) is 3. The number of urea groups is 1. The minimum absolute atomic E-state index is 0.0565. The molecule has 4 amide bonds. The second kappa shape index (κ2) is 8.14. The molecule has 25 heavy (non-hydrogen) atoms. The smallest absolute Gasteiger partial charge is 0.324 e. The average Bonchev–Trinajstić information content (AvgIpc) is 2.63. The summed E-state index contributed by atoms with van der Waals surface area (Å²) in [5, 5.41) is 5.68. The molecule has 2 aliphatic rings. The number of imide groups is 1. The van der Waals surface area contributed by atoms with Crippen molar-refractivity contribution in [2.24, 2.45) is 5.92 Å². The van der Waals surface area contributed by atoms with Crippen molar-refractivity contribution in [2.75, 3.05) is 13.1 Å². The number of nitrogens with one attached hydrogen (secondary N) is 2. The lowest BCUT2D eigenvalue weighted by atomic mass is 9.82. The number of rotatable bonds is 6. The molecule has 2 fully saturated rings. The molecule has 1 saturated heterocycles. The number of amides is 4. The van der Waals surface area contributed by atoms with Crippen molar-refractivity contribution in [2.45, 2.75) is 44.6 Å². The lowest BCUT2D eigenvalue weighted by Gasteiger charge is -2.39. The zero-order valence-corrected chi connectivity index (χ0v) is 14.4. The topological polar surface area (TPSA) is 78.5 Å². The van der Waals surface area contributed by atoms with Gasteiger partial charge in [-0.3, -0.25) is 14.5 Å². The predicted molar refractivity (Wildman–Crippen MR) is 93.8 cm³/mol. The third kappa shape index (κ3) is 4.38. The summed E-state index contributed by atoms with van der Waals surface area (Å²) < 4.78 is 0. The van der Waals surface area contributed by atoms with Crippen molar-refractivity contribution in [1.82, 2.24) is 15.5 Å². The summed E-state index contributed by atoms with van der Waals surface area (Å²) in [6.07, 6.45) is 5.38. The van der Waals surface area contributed by atoms with Gasteiger partial charge in [0.2, 0.25) is 11.8 Å². The number of fused-ring (bicyclic) bond motifs is 1. The highest BCUT2D eigenvalue weighted by molar-refractivity contribution is 6.01. The van der Waals surface area contributed by atoms with Crippen LogP contribution in [0.2, 0.25) is 0 Å². The number of nitrogens with zero attached hydrogens (tertiary/aromatic N) is 1. The maximum absolute atomic E-state index is 12.5. The third-order valence-electron chi connectivity index (χ3n) is 5.01. The van der Waals surface area contributed by atoms with E-state index in [1.165, 1.54) is 5.56 Å². The Bertz CT molecular complexity index is 632. The Labute approximate surface area is 148 Å². The van der Waals surface area contributed by atoms with Crippen LogP contribution in [0.5, 0.6) is 0 Å². The highest BCUT2D eigenvalue weighted by Crippen LogP contribution is 2.29. The van der Waals surface area contributed by atoms with Gasteiger partial charge in [-0.15, -0.1) is 0 Å². The molecule has 2 unspecified atom stereocenters. The molecule has 1 heterocycles. The van der Waals surface area contributed by atoms with E-state index in [1.54, 1.807) is 0 Å². The van der Waals surface area contributed by atoms with Crippen LogP contribution >= 0.6 is 0 Å². The predicted octanol–water partition coefficient (Wildman–Crippen LogP) is 1.85. The lowest BCUT2D eigenvalue weighted by Crippen LogP contribution is -2.62. The van der Waals surface area contributed by atoms with E-state index in [0.29, 0.717) is 6.54 Å². The summed E-state index contributed by atoms with van der Waals surface area (Å²) >= 11 is 0. The van der Waals surface area contributed by atoms with Crippen molar-refractivity contribution >= 4 is 17.8 Å². The van der Waals surface area contributed by atoms with E-state index in [9.17, 15) is 14.4 Å². The van der Waals surface area contributed by atoms with Gasteiger partial charge in [0.05, 0.1) is 5.92 Å². The van der Waals surface area contributed by atoms with E-state index in [1.807, 2.05) is 18.2 Å². The summed E-state index contributed by atoms with van der Waals surface area (Å²) in [7, 11) is 0. The van der Waals surface area contributed by atoms with Gasteiger partial charge >= 0.3 is 6.03 Å². The molecule has 0 bridgehead atoms. The van der Waals surface area contributed by atoms with Crippen molar-refractivity contribution in [3.05, 3.63) is 35.9 Å². The van der Waals surface area contributed by atoms with Crippen LogP contribution in [0.25, 0.3) is 0 Å². The fourth-order valence-corrected chi connectivity index (χ4v) is 3.65. The Balaban J connectivity index is 1.44. The van der Waals surface area contributed by atoms with Gasteiger partial charge in [0.25, 0.3) is 0 Å². The second-order valence-electron chi connectivity index (χ2n) is 6.81. The van der Waals surface area contributed by atoms with Crippen LogP contribution in [-0.4, -0.2) is 41.9 Å². The molecule has 2 N–H and O–H groups in total. The van der Waals surface area contributed by atoms with Gasteiger partial charge in [-0.2, -0.15) is 0 Å². The van der Waals surface area contributed by atoms with Gasteiger partial charge in [-0.1, -0.05) is 43.2 Å². The van der Waals surface area contributed by atoms with Gasteiger partial charge in [0.1, 0.15) is 6.54 Å². The van der Waals surface area contributed by atoms with Crippen LogP contribution in [0.15, 0.2) is 30.3 Å². The summed E-state index contributed by atoms with van der Waals surface area (Å²) in [4.78, 5) is 37.8. The molecule has 1 aliphatic carbocycles. The SMILES string of the molecule is O=C(CN1C(=O)NC2CCCCC2C1=O)NCCCc1ccccc1. The van der Waals surface area contributed by atoms with Crippen LogP contribution in [0.1, 0.15) is 37.7 Å². The van der Waals surface area contributed by atoms with Crippen LogP contribution in [0, 0.1) is 5.92 Å². The summed E-state index contributed by atoms with van der Waals surface area (Å²) in [6, 6.07) is 9.58. The minimum atomic E-state index is -0.437. The molecule has 6 nitrogen and oxygen atoms in total. The maximum Gasteiger partial charge on any atom is 0.324 e. The molecule has 134 valence electrons. The van der Waals surface area contributed by atoms with Crippen molar-refractivity contribution in [3.63, 3.8) is 0 Å². The number of carbonyl (C=O) groups is 3. The molecule has 3 rings (SSSR count). The zero-order chi connectivity index (χ0) is 17.6. The van der Waals surface area contributed by atoms with E-state index >= 15 is 0 Å². The number of hydrogen-bond donors (Lipinski definition) is 2. The molecular formula is C19H25N3O3. The molecule has 6 heteroatoms. The first kappa shape index (κ1) is 17.5. The Kier molecular flexibility index (Phi) is 5.68. The lowest BCUT2D eigenvalue weighted by molar-refractivity contribution is -0.139. The van der Waals surface area contributed by atoms with Crippen LogP contribution < -0.4 is 10.6 Å². The van der Waals surface area contributed by atoms with E-state index in [-0.39, 0.29) is 30.3 Å². The maximum atomic E-state index is 12.5. The Morgan fingerprint density at radius 3 is 2.72 bits per heavy atom. The molecule has 0 radical (unpaired) electrons. The van der Waals surface area contributed by atoms with Gasteiger partial charge < -0.3 is 10.6 Å². The molecule has 1 aliphatic heterocycles. The van der Waals surface area contributed by atoms with Crippen molar-refractivity contribution in [3.8, 4) is 0 Å². The first-order chi connectivity index (χ1) is 12.1. The van der Waals surface area contributed by atoms with Crippen molar-refractivity contribution in [1.29, 1.82) is 0 Å². The Hall–Kier alpha value is -2.37. The van der Waals surface area contributed by atoms with Gasteiger partial charge in [0, 0.05) is 12.6 Å². The fraction of sp³-hybridized carbons (Fsp3) is 0.526. The van der Waals surface area contributed by atoms with Gasteiger partial charge in [0.15, 0.2) is 0 Å². The van der Waals surface area contributed by atoms with Gasteiger partial charge in [-0.05, 0) is 31.2 Å². The molecule has 1 aromatic carbocycles. The highest BCUT2D eigenvalue weighted by atomic mass is 16.2. The fourth-order valence-electron chi connectivity index (χ4n) is 3.65. The first-order valence-corrected chi connectivity index (χ1v) is 9.07. The average molecular weight is 343 g/mol. The van der Waals surface area contributed by atoms with E-state index in [0.717, 1.165) is 43.4 Å². The number of carbonyl (C=O) groups excluding carboxylic acids is 3. The van der Waals surface area contributed by atoms with E-state index < -0.39 is 6.03 Å². The molecule has 0 spiro atoms. The first-order valence-electron chi connectivity index (χ1n) is 9.07. The van der Waals surface area contributed by atoms with E-state index in [2.05, 4.69) is 22.8 Å². The molecular weight excluding hydrogens is 318 g/mol. The molecule has 0 aromatic heterocycles. The minimum Gasteiger partial charge on any atom is -0.355 e. The quantitative estimate of drug-likeness (QED) is 0.774. The van der Waals surface area contributed by atoms with Crippen LogP contribution in [0.4, 0.5) is 4.79 Å². The van der Waals surface area contributed by atoms with Gasteiger partial charge in [-0.25, -0.2) is 4.79 Å². The van der Waals surface area contributed by atoms with Crippen LogP contribution in [0.3, 0.4) is 0 Å². The molecule has 2 atom stereocenters. The van der Waals surface area contributed by atoms with Crippen LogP contribution in [-0.2, 0) is 16.0 Å². The zero-order valence-electron chi connectivity index (χ0n) is 14.4. The second-order valence-corrected chi connectivity index (χ2v) is 6.81. The summed E-state index contributed by atoms with van der Waals surface area (Å²) in [5.41, 5.74) is 1.23. The number of aryl methyl sites for hydroxylation is 1. The number of benzene rings is 1. The van der Waals surface area contributed by atoms with E-state index in [4.69, 9.17) is 0 Å². The summed E-state index contributed by atoms with van der Waals surface area (Å²) in [5.74, 6) is -0.656. The summed E-state index contributed by atoms with van der Waals surface area (Å²) in [6.45, 7) is 0.336. The standard InChI is InChI=1S/C19H25N3O3/c23-17(20-12-6-9-14-7-2-1-3-8-14)13-22-18(24)15-10-4-5-11-16(15)21-19(22)25/h1-3,7-8,15-16H,4-6,9-13H2,(H,20,23)(H,21,25). The molecule has 1 saturated carbocycles. The Morgan fingerprint density at radius 2 is 1.92 bits per heavy atom.